The van der Waals surface area contributed by atoms with Gasteiger partial charge in [0.15, 0.2) is 6.29 Å². The third-order valence-corrected chi connectivity index (χ3v) is 3.40. The molecule has 1 saturated heterocycles. The molecule has 5 nitrogen and oxygen atoms in total. The zero-order valence-corrected chi connectivity index (χ0v) is 11.0. The molecule has 17 heavy (non-hydrogen) atoms. The smallest absolute Gasteiger partial charge is 0.265 e. The molecule has 0 aliphatic carbocycles. The van der Waals surface area contributed by atoms with Gasteiger partial charge in [0.1, 0.15) is 13.2 Å². The first-order chi connectivity index (χ1) is 8.03. The van der Waals surface area contributed by atoms with Gasteiger partial charge in [0.25, 0.3) is 5.54 Å². The van der Waals surface area contributed by atoms with Crippen LogP contribution in [0.15, 0.2) is 0 Å². The Labute approximate surface area is 103 Å². The Kier molecular flexibility index (Phi) is 5.33. The second-order valence-corrected chi connectivity index (χ2v) is 5.06. The Morgan fingerprint density at radius 3 is 2.41 bits per heavy atom. The highest BCUT2D eigenvalue weighted by atomic mass is 16.7. The SMILES string of the molecule is CCCC[C@H](CC)C1OCC(C)([N+](=O)[O-])CO1. The van der Waals surface area contributed by atoms with Crippen molar-refractivity contribution in [3.05, 3.63) is 10.1 Å². The number of hydrogen-bond acceptors (Lipinski definition) is 4. The zero-order chi connectivity index (χ0) is 12.9. The van der Waals surface area contributed by atoms with Crippen LogP contribution in [0, 0.1) is 16.0 Å². The lowest BCUT2D eigenvalue weighted by molar-refractivity contribution is -0.587. The first-order valence-electron chi connectivity index (χ1n) is 6.41. The van der Waals surface area contributed by atoms with E-state index in [-0.39, 0.29) is 24.4 Å². The van der Waals surface area contributed by atoms with E-state index in [1.165, 1.54) is 0 Å². The Balaban J connectivity index is 2.47. The minimum absolute atomic E-state index is 0.146. The first kappa shape index (κ1) is 14.4. The van der Waals surface area contributed by atoms with Crippen LogP contribution in [0.5, 0.6) is 0 Å². The van der Waals surface area contributed by atoms with Crippen molar-refractivity contribution in [3.63, 3.8) is 0 Å². The topological polar surface area (TPSA) is 61.6 Å². The van der Waals surface area contributed by atoms with Crippen LogP contribution in [-0.2, 0) is 9.47 Å². The molecule has 1 fully saturated rings. The van der Waals surface area contributed by atoms with Crippen LogP contribution >= 0.6 is 0 Å². The van der Waals surface area contributed by atoms with Gasteiger partial charge in [-0.2, -0.15) is 0 Å². The summed E-state index contributed by atoms with van der Waals surface area (Å²) >= 11 is 0. The molecule has 0 radical (unpaired) electrons. The van der Waals surface area contributed by atoms with E-state index < -0.39 is 5.54 Å². The lowest BCUT2D eigenvalue weighted by atomic mass is 9.97. The van der Waals surface area contributed by atoms with Crippen LogP contribution in [0.1, 0.15) is 46.5 Å². The number of unbranched alkanes of at least 4 members (excludes halogenated alkanes) is 1. The molecule has 0 amide bonds. The molecule has 0 saturated carbocycles. The Bertz CT molecular complexity index is 249. The standard InChI is InChI=1S/C12H23NO4/c1-4-6-7-10(5-2)11-16-8-12(3,9-17-11)13(14)15/h10-11H,4-9H2,1-3H3/t10-,11?,12?/m0/s1. The minimum Gasteiger partial charge on any atom is -0.345 e. The van der Waals surface area contributed by atoms with Crippen LogP contribution in [0.2, 0.25) is 0 Å². The zero-order valence-electron chi connectivity index (χ0n) is 11.0. The summed E-state index contributed by atoms with van der Waals surface area (Å²) in [6.45, 7) is 6.12. The van der Waals surface area contributed by atoms with Crippen LogP contribution in [0.4, 0.5) is 0 Å². The maximum Gasteiger partial charge on any atom is 0.265 e. The van der Waals surface area contributed by atoms with E-state index in [4.69, 9.17) is 9.47 Å². The lowest BCUT2D eigenvalue weighted by Gasteiger charge is -2.35. The molecule has 1 atom stereocenters. The molecule has 1 rings (SSSR count). The molecule has 1 aliphatic rings. The molecule has 100 valence electrons. The van der Waals surface area contributed by atoms with Gasteiger partial charge in [-0.3, -0.25) is 10.1 Å². The van der Waals surface area contributed by atoms with Crippen LogP contribution < -0.4 is 0 Å². The van der Waals surface area contributed by atoms with Crippen molar-refractivity contribution in [2.75, 3.05) is 13.2 Å². The molecule has 0 spiro atoms. The molecule has 5 heteroatoms. The molecular formula is C12H23NO4. The summed E-state index contributed by atoms with van der Waals surface area (Å²) in [5.74, 6) is 0.353. The van der Waals surface area contributed by atoms with Crippen molar-refractivity contribution >= 4 is 0 Å². The first-order valence-corrected chi connectivity index (χ1v) is 6.41. The van der Waals surface area contributed by atoms with Crippen molar-refractivity contribution in [2.45, 2.75) is 58.3 Å². The number of nitro groups is 1. The van der Waals surface area contributed by atoms with Gasteiger partial charge in [0, 0.05) is 17.8 Å². The molecule has 0 aromatic carbocycles. The van der Waals surface area contributed by atoms with E-state index in [2.05, 4.69) is 13.8 Å². The molecule has 0 aromatic heterocycles. The predicted octanol–water partition coefficient (Wildman–Crippen LogP) is 2.61. The van der Waals surface area contributed by atoms with Gasteiger partial charge in [0.05, 0.1) is 0 Å². The van der Waals surface area contributed by atoms with E-state index in [0.717, 1.165) is 25.7 Å². The van der Waals surface area contributed by atoms with E-state index in [1.807, 2.05) is 0 Å². The Hall–Kier alpha value is -0.680. The summed E-state index contributed by atoms with van der Waals surface area (Å²) in [7, 11) is 0. The largest absolute Gasteiger partial charge is 0.345 e. The fourth-order valence-corrected chi connectivity index (χ4v) is 1.99. The molecule has 1 heterocycles. The normalized spacial score (nSPS) is 31.1. The maximum atomic E-state index is 10.8. The number of nitrogens with zero attached hydrogens (tertiary/aromatic N) is 1. The van der Waals surface area contributed by atoms with Gasteiger partial charge in [-0.15, -0.1) is 0 Å². The average molecular weight is 245 g/mol. The van der Waals surface area contributed by atoms with Gasteiger partial charge in [0.2, 0.25) is 0 Å². The fraction of sp³-hybridized carbons (Fsp3) is 1.00. The Morgan fingerprint density at radius 2 is 2.00 bits per heavy atom. The second kappa shape index (κ2) is 6.31. The van der Waals surface area contributed by atoms with Gasteiger partial charge >= 0.3 is 0 Å². The monoisotopic (exact) mass is 245 g/mol. The quantitative estimate of drug-likeness (QED) is 0.533. The van der Waals surface area contributed by atoms with Crippen molar-refractivity contribution in [1.29, 1.82) is 0 Å². The van der Waals surface area contributed by atoms with Crippen LogP contribution in [0.25, 0.3) is 0 Å². The van der Waals surface area contributed by atoms with E-state index >= 15 is 0 Å². The van der Waals surface area contributed by atoms with Gasteiger partial charge < -0.3 is 9.47 Å². The van der Waals surface area contributed by atoms with Crippen molar-refractivity contribution in [1.82, 2.24) is 0 Å². The number of rotatable bonds is 6. The Morgan fingerprint density at radius 1 is 1.41 bits per heavy atom. The van der Waals surface area contributed by atoms with Crippen molar-refractivity contribution < 1.29 is 14.4 Å². The third-order valence-electron chi connectivity index (χ3n) is 3.40. The summed E-state index contributed by atoms with van der Waals surface area (Å²) in [4.78, 5) is 10.5. The fourth-order valence-electron chi connectivity index (χ4n) is 1.99. The summed E-state index contributed by atoms with van der Waals surface area (Å²) in [6, 6.07) is 0. The number of ether oxygens (including phenoxy) is 2. The van der Waals surface area contributed by atoms with Crippen LogP contribution in [-0.4, -0.2) is 30.0 Å². The van der Waals surface area contributed by atoms with Crippen molar-refractivity contribution in [3.8, 4) is 0 Å². The van der Waals surface area contributed by atoms with Gasteiger partial charge in [-0.05, 0) is 12.8 Å². The highest BCUT2D eigenvalue weighted by Gasteiger charge is 2.44. The second-order valence-electron chi connectivity index (χ2n) is 5.06. The van der Waals surface area contributed by atoms with E-state index in [9.17, 15) is 10.1 Å². The van der Waals surface area contributed by atoms with Gasteiger partial charge in [-0.1, -0.05) is 26.7 Å². The molecule has 1 aliphatic heterocycles. The average Bonchev–Trinajstić information content (AvgIpc) is 2.32. The maximum absolute atomic E-state index is 10.8. The third kappa shape index (κ3) is 3.64. The summed E-state index contributed by atoms with van der Waals surface area (Å²) in [6.07, 6.45) is 4.08. The highest BCUT2D eigenvalue weighted by molar-refractivity contribution is 4.78. The molecule has 0 aromatic rings. The lowest BCUT2D eigenvalue weighted by Crippen LogP contribution is -2.52. The predicted molar refractivity (Wildman–Crippen MR) is 64.4 cm³/mol. The highest BCUT2D eigenvalue weighted by Crippen LogP contribution is 2.27. The summed E-state index contributed by atoms with van der Waals surface area (Å²) in [5.41, 5.74) is -1.08. The molecule has 0 unspecified atom stereocenters. The molecule has 0 N–H and O–H groups in total. The van der Waals surface area contributed by atoms with Crippen LogP contribution in [0.3, 0.4) is 0 Å². The number of hydrogen-bond donors (Lipinski definition) is 0. The van der Waals surface area contributed by atoms with E-state index in [1.54, 1.807) is 6.92 Å². The van der Waals surface area contributed by atoms with Gasteiger partial charge in [-0.25, -0.2) is 0 Å². The minimum atomic E-state index is -1.08. The molecular weight excluding hydrogens is 222 g/mol. The van der Waals surface area contributed by atoms with Crippen molar-refractivity contribution in [2.24, 2.45) is 5.92 Å². The summed E-state index contributed by atoms with van der Waals surface area (Å²) in [5, 5.41) is 10.8. The molecule has 0 bridgehead atoms. The summed E-state index contributed by atoms with van der Waals surface area (Å²) < 4.78 is 11.1. The van der Waals surface area contributed by atoms with E-state index in [0.29, 0.717) is 5.92 Å².